The largest absolute Gasteiger partial charge is 0.493 e. The predicted molar refractivity (Wildman–Crippen MR) is 126 cm³/mol. The summed E-state index contributed by atoms with van der Waals surface area (Å²) in [5.41, 5.74) is 2.77. The molecule has 8 heteroatoms. The second kappa shape index (κ2) is 11.2. The van der Waals surface area contributed by atoms with Gasteiger partial charge in [0.05, 0.1) is 45.3 Å². The monoisotopic (exact) mass is 437 g/mol. The van der Waals surface area contributed by atoms with E-state index >= 15 is 0 Å². The zero-order valence-electron chi connectivity index (χ0n) is 19.0. The van der Waals surface area contributed by atoms with E-state index in [4.69, 9.17) is 9.47 Å². The summed E-state index contributed by atoms with van der Waals surface area (Å²) in [6.07, 6.45) is 1.06. The van der Waals surface area contributed by atoms with Crippen LogP contribution in [0.15, 0.2) is 59.7 Å². The molecule has 0 aliphatic heterocycles. The maximum Gasteiger partial charge on any atom is 0.194 e. The van der Waals surface area contributed by atoms with Gasteiger partial charge in [0.15, 0.2) is 17.5 Å². The van der Waals surface area contributed by atoms with Gasteiger partial charge in [0.1, 0.15) is 5.82 Å². The van der Waals surface area contributed by atoms with Crippen LogP contribution in [0.25, 0.3) is 11.3 Å². The van der Waals surface area contributed by atoms with E-state index in [0.717, 1.165) is 17.1 Å². The number of aliphatic hydroxyl groups is 1. The van der Waals surface area contributed by atoms with Crippen LogP contribution in [0.3, 0.4) is 0 Å². The molecule has 3 aromatic rings. The number of aromatic amines is 1. The topological polar surface area (TPSA) is 95.0 Å². The number of hydrogen-bond acceptors (Lipinski definition) is 5. The number of imidazole rings is 1. The first-order valence-electron chi connectivity index (χ1n) is 10.5. The number of nitrogens with zero attached hydrogens (tertiary/aromatic N) is 3. The minimum atomic E-state index is -0.773. The van der Waals surface area contributed by atoms with Gasteiger partial charge in [0, 0.05) is 13.6 Å². The van der Waals surface area contributed by atoms with Gasteiger partial charge in [-0.15, -0.1) is 0 Å². The normalized spacial score (nSPS) is 12.3. The molecule has 0 spiro atoms. The molecule has 0 bridgehead atoms. The van der Waals surface area contributed by atoms with Crippen LogP contribution < -0.4 is 14.8 Å². The number of ether oxygens (including phenoxy) is 2. The summed E-state index contributed by atoms with van der Waals surface area (Å²) in [6.45, 7) is 3.47. The van der Waals surface area contributed by atoms with Crippen molar-refractivity contribution in [1.29, 1.82) is 0 Å². The molecule has 0 aliphatic carbocycles. The van der Waals surface area contributed by atoms with Crippen LogP contribution in [0, 0.1) is 0 Å². The number of aromatic nitrogens is 2. The molecule has 0 fully saturated rings. The first-order valence-corrected chi connectivity index (χ1v) is 10.5. The van der Waals surface area contributed by atoms with Crippen LogP contribution in [0.5, 0.6) is 11.5 Å². The smallest absolute Gasteiger partial charge is 0.194 e. The van der Waals surface area contributed by atoms with E-state index in [1.54, 1.807) is 26.4 Å². The van der Waals surface area contributed by atoms with Gasteiger partial charge in [-0.1, -0.05) is 36.4 Å². The molecule has 0 aliphatic rings. The van der Waals surface area contributed by atoms with Gasteiger partial charge in [0.25, 0.3) is 0 Å². The van der Waals surface area contributed by atoms with E-state index in [9.17, 15) is 5.11 Å². The van der Waals surface area contributed by atoms with E-state index in [1.165, 1.54) is 0 Å². The lowest BCUT2D eigenvalue weighted by Crippen LogP contribution is -2.39. The Morgan fingerprint density at radius 3 is 2.59 bits per heavy atom. The first kappa shape index (κ1) is 23.1. The summed E-state index contributed by atoms with van der Waals surface area (Å²) < 4.78 is 10.6. The van der Waals surface area contributed by atoms with Crippen LogP contribution in [-0.2, 0) is 6.54 Å². The minimum absolute atomic E-state index is 0.204. The van der Waals surface area contributed by atoms with Crippen molar-refractivity contribution >= 4 is 5.96 Å². The van der Waals surface area contributed by atoms with Crippen molar-refractivity contribution in [3.05, 3.63) is 66.1 Å². The van der Waals surface area contributed by atoms with E-state index in [-0.39, 0.29) is 6.54 Å². The van der Waals surface area contributed by atoms with Gasteiger partial charge in [0.2, 0.25) is 0 Å². The second-order valence-corrected chi connectivity index (χ2v) is 7.29. The van der Waals surface area contributed by atoms with Crippen LogP contribution in [0.2, 0.25) is 0 Å². The fourth-order valence-electron chi connectivity index (χ4n) is 3.31. The molecular weight excluding hydrogens is 406 g/mol. The molecule has 0 saturated heterocycles. The van der Waals surface area contributed by atoms with E-state index in [1.807, 2.05) is 61.5 Å². The summed E-state index contributed by atoms with van der Waals surface area (Å²) >= 11 is 0. The van der Waals surface area contributed by atoms with E-state index in [0.29, 0.717) is 36.1 Å². The van der Waals surface area contributed by atoms with E-state index < -0.39 is 6.10 Å². The molecule has 2 aromatic carbocycles. The van der Waals surface area contributed by atoms with Gasteiger partial charge in [-0.2, -0.15) is 0 Å². The zero-order valence-corrected chi connectivity index (χ0v) is 19.0. The molecule has 0 saturated carbocycles. The number of aliphatic hydroxyl groups excluding tert-OH is 1. The SMILES string of the molecule is CCNC(=NCC(O)c1ccc(OC)c(OC)c1)N(C)Cc1ncc(-c2ccccc2)[nH]1. The fraction of sp³-hybridized carbons (Fsp3) is 0.333. The Bertz CT molecular complexity index is 1020. The van der Waals surface area contributed by atoms with Crippen LogP contribution in [-0.4, -0.2) is 60.3 Å². The van der Waals surface area contributed by atoms with Crippen molar-refractivity contribution in [2.24, 2.45) is 4.99 Å². The van der Waals surface area contributed by atoms with Crippen molar-refractivity contribution in [2.45, 2.75) is 19.6 Å². The molecule has 1 heterocycles. The van der Waals surface area contributed by atoms with Gasteiger partial charge >= 0.3 is 0 Å². The average Bonchev–Trinajstić information content (AvgIpc) is 3.30. The third-order valence-corrected chi connectivity index (χ3v) is 5.00. The van der Waals surface area contributed by atoms with Gasteiger partial charge < -0.3 is 29.8 Å². The number of aliphatic imine (C=N–C) groups is 1. The van der Waals surface area contributed by atoms with Gasteiger partial charge in [-0.25, -0.2) is 4.98 Å². The minimum Gasteiger partial charge on any atom is -0.493 e. The molecule has 0 radical (unpaired) electrons. The molecule has 0 amide bonds. The highest BCUT2D eigenvalue weighted by Crippen LogP contribution is 2.30. The van der Waals surface area contributed by atoms with Crippen LogP contribution >= 0.6 is 0 Å². The number of benzene rings is 2. The maximum atomic E-state index is 10.7. The fourth-order valence-corrected chi connectivity index (χ4v) is 3.31. The summed E-state index contributed by atoms with van der Waals surface area (Å²) in [4.78, 5) is 14.4. The predicted octanol–water partition coefficient (Wildman–Crippen LogP) is 3.22. The standard InChI is InChI=1S/C24H31N5O3/c1-5-25-24(27-15-20(30)18-11-12-21(31-3)22(13-18)32-4)29(2)16-23-26-14-19(28-23)17-9-7-6-8-10-17/h6-14,20,30H,5,15-16H2,1-4H3,(H,25,27)(H,26,28). The molecule has 8 nitrogen and oxygen atoms in total. The summed E-state index contributed by atoms with van der Waals surface area (Å²) in [6, 6.07) is 15.4. The quantitative estimate of drug-likeness (QED) is 0.351. The van der Waals surface area contributed by atoms with Crippen LogP contribution in [0.4, 0.5) is 0 Å². The maximum absolute atomic E-state index is 10.7. The Kier molecular flexibility index (Phi) is 8.10. The highest BCUT2D eigenvalue weighted by Gasteiger charge is 2.14. The molecule has 170 valence electrons. The highest BCUT2D eigenvalue weighted by molar-refractivity contribution is 5.79. The second-order valence-electron chi connectivity index (χ2n) is 7.29. The Morgan fingerprint density at radius 2 is 1.91 bits per heavy atom. The number of rotatable bonds is 9. The summed E-state index contributed by atoms with van der Waals surface area (Å²) in [5, 5.41) is 13.9. The number of nitrogens with one attached hydrogen (secondary N) is 2. The Morgan fingerprint density at radius 1 is 1.16 bits per heavy atom. The third-order valence-electron chi connectivity index (χ3n) is 5.00. The molecule has 1 unspecified atom stereocenters. The van der Waals surface area contributed by atoms with Gasteiger partial charge in [-0.3, -0.25) is 4.99 Å². The number of hydrogen-bond donors (Lipinski definition) is 3. The Hall–Kier alpha value is -3.52. The van der Waals surface area contributed by atoms with Crippen molar-refractivity contribution < 1.29 is 14.6 Å². The zero-order chi connectivity index (χ0) is 22.9. The van der Waals surface area contributed by atoms with Crippen molar-refractivity contribution in [3.63, 3.8) is 0 Å². The molecule has 3 N–H and O–H groups in total. The molecule has 1 atom stereocenters. The van der Waals surface area contributed by atoms with Crippen molar-refractivity contribution in [1.82, 2.24) is 20.2 Å². The van der Waals surface area contributed by atoms with Crippen molar-refractivity contribution in [2.75, 3.05) is 34.4 Å². The number of methoxy groups -OCH3 is 2. The Labute approximate surface area is 188 Å². The lowest BCUT2D eigenvalue weighted by Gasteiger charge is -2.21. The molecule has 3 rings (SSSR count). The lowest BCUT2D eigenvalue weighted by molar-refractivity contribution is 0.186. The number of H-pyrrole nitrogens is 1. The van der Waals surface area contributed by atoms with Crippen LogP contribution in [0.1, 0.15) is 24.4 Å². The third kappa shape index (κ3) is 5.79. The molecule has 1 aromatic heterocycles. The summed E-state index contributed by atoms with van der Waals surface area (Å²) in [7, 11) is 5.09. The Balaban J connectivity index is 1.68. The number of guanidine groups is 1. The average molecular weight is 438 g/mol. The molecule has 32 heavy (non-hydrogen) atoms. The first-order chi connectivity index (χ1) is 15.5. The highest BCUT2D eigenvalue weighted by atomic mass is 16.5. The van der Waals surface area contributed by atoms with E-state index in [2.05, 4.69) is 20.3 Å². The lowest BCUT2D eigenvalue weighted by atomic mass is 10.1. The van der Waals surface area contributed by atoms with Gasteiger partial charge in [-0.05, 0) is 30.2 Å². The van der Waals surface area contributed by atoms with Crippen molar-refractivity contribution in [3.8, 4) is 22.8 Å². The molecular formula is C24H31N5O3. The summed E-state index contributed by atoms with van der Waals surface area (Å²) in [5.74, 6) is 2.71.